The van der Waals surface area contributed by atoms with Gasteiger partial charge in [0.25, 0.3) is 0 Å². The standard InChI is InChI=1S/C16H26N4O4/c1-6-23-14(21)13-11(9-19(5)18-13)12-10-20(8-7-17-12)15(22)24-16(2,3)4/h9,12,17H,6-8,10H2,1-5H3. The largest absolute Gasteiger partial charge is 0.461 e. The number of carbonyl (C=O) groups excluding carboxylic acids is 2. The summed E-state index contributed by atoms with van der Waals surface area (Å²) in [6, 6.07) is -0.195. The lowest BCUT2D eigenvalue weighted by Crippen LogP contribution is -2.49. The highest BCUT2D eigenvalue weighted by Crippen LogP contribution is 2.22. The third kappa shape index (κ3) is 4.47. The molecule has 8 nitrogen and oxygen atoms in total. The first-order valence-corrected chi connectivity index (χ1v) is 8.13. The number of hydrogen-bond donors (Lipinski definition) is 1. The van der Waals surface area contributed by atoms with Crippen molar-refractivity contribution in [3.8, 4) is 0 Å². The van der Waals surface area contributed by atoms with E-state index in [9.17, 15) is 9.59 Å². The van der Waals surface area contributed by atoms with E-state index in [1.54, 1.807) is 29.7 Å². The zero-order valence-corrected chi connectivity index (χ0v) is 15.0. The van der Waals surface area contributed by atoms with Gasteiger partial charge in [-0.05, 0) is 27.7 Å². The van der Waals surface area contributed by atoms with E-state index in [0.29, 0.717) is 19.6 Å². The molecule has 2 rings (SSSR count). The molecule has 0 spiro atoms. The quantitative estimate of drug-likeness (QED) is 0.840. The van der Waals surface area contributed by atoms with Crippen LogP contribution < -0.4 is 5.32 Å². The van der Waals surface area contributed by atoms with Crippen molar-refractivity contribution in [1.29, 1.82) is 0 Å². The smallest absolute Gasteiger partial charge is 0.410 e. The number of ether oxygens (including phenoxy) is 2. The number of amides is 1. The van der Waals surface area contributed by atoms with Crippen LogP contribution >= 0.6 is 0 Å². The SMILES string of the molecule is CCOC(=O)c1nn(C)cc1C1CN(C(=O)OC(C)(C)C)CCN1. The Morgan fingerprint density at radius 3 is 2.75 bits per heavy atom. The number of aryl methyl sites for hydroxylation is 1. The molecule has 0 radical (unpaired) electrons. The van der Waals surface area contributed by atoms with E-state index in [0.717, 1.165) is 5.56 Å². The van der Waals surface area contributed by atoms with E-state index in [4.69, 9.17) is 9.47 Å². The van der Waals surface area contributed by atoms with Gasteiger partial charge in [0.05, 0.1) is 12.6 Å². The number of nitrogens with zero attached hydrogens (tertiary/aromatic N) is 3. The fourth-order valence-corrected chi connectivity index (χ4v) is 2.57. The molecule has 1 aliphatic heterocycles. The Kier molecular flexibility index (Phi) is 5.48. The number of piperazine rings is 1. The Hall–Kier alpha value is -2.09. The maximum Gasteiger partial charge on any atom is 0.410 e. The van der Waals surface area contributed by atoms with E-state index >= 15 is 0 Å². The van der Waals surface area contributed by atoms with E-state index in [1.807, 2.05) is 20.8 Å². The molecule has 0 bridgehead atoms. The van der Waals surface area contributed by atoms with Gasteiger partial charge in [-0.2, -0.15) is 5.10 Å². The first kappa shape index (κ1) is 18.3. The molecule has 1 unspecified atom stereocenters. The van der Waals surface area contributed by atoms with Gasteiger partial charge in [0.1, 0.15) is 5.60 Å². The van der Waals surface area contributed by atoms with E-state index in [1.165, 1.54) is 0 Å². The molecular weight excluding hydrogens is 312 g/mol. The molecule has 1 aromatic heterocycles. The third-order valence-electron chi connectivity index (χ3n) is 3.53. The molecule has 8 heteroatoms. The van der Waals surface area contributed by atoms with Crippen LogP contribution in [0, 0.1) is 0 Å². The minimum absolute atomic E-state index is 0.195. The lowest BCUT2D eigenvalue weighted by molar-refractivity contribution is 0.0195. The summed E-state index contributed by atoms with van der Waals surface area (Å²) >= 11 is 0. The summed E-state index contributed by atoms with van der Waals surface area (Å²) in [5.41, 5.74) is 0.467. The molecule has 0 aliphatic carbocycles. The Morgan fingerprint density at radius 1 is 1.42 bits per heavy atom. The van der Waals surface area contributed by atoms with Crippen LogP contribution in [-0.4, -0.2) is 58.6 Å². The first-order valence-electron chi connectivity index (χ1n) is 8.13. The van der Waals surface area contributed by atoms with Gasteiger partial charge in [-0.25, -0.2) is 9.59 Å². The summed E-state index contributed by atoms with van der Waals surface area (Å²) < 4.78 is 12.1. The lowest BCUT2D eigenvalue weighted by atomic mass is 10.1. The van der Waals surface area contributed by atoms with E-state index in [-0.39, 0.29) is 24.4 Å². The highest BCUT2D eigenvalue weighted by molar-refractivity contribution is 5.89. The van der Waals surface area contributed by atoms with Crippen molar-refractivity contribution in [3.05, 3.63) is 17.5 Å². The van der Waals surface area contributed by atoms with Gasteiger partial charge < -0.3 is 19.7 Å². The van der Waals surface area contributed by atoms with Crippen LogP contribution in [0.2, 0.25) is 0 Å². The van der Waals surface area contributed by atoms with Gasteiger partial charge in [0.2, 0.25) is 0 Å². The maximum absolute atomic E-state index is 12.3. The van der Waals surface area contributed by atoms with Gasteiger partial charge in [-0.1, -0.05) is 0 Å². The molecule has 1 aliphatic rings. The molecule has 1 amide bonds. The maximum atomic E-state index is 12.3. The molecule has 0 aromatic carbocycles. The van der Waals surface area contributed by atoms with Crippen molar-refractivity contribution < 1.29 is 19.1 Å². The number of nitrogens with one attached hydrogen (secondary N) is 1. The van der Waals surface area contributed by atoms with Crippen molar-refractivity contribution >= 4 is 12.1 Å². The Balaban J connectivity index is 2.15. The van der Waals surface area contributed by atoms with Crippen molar-refractivity contribution in [2.45, 2.75) is 39.3 Å². The van der Waals surface area contributed by atoms with Crippen molar-refractivity contribution in [2.24, 2.45) is 7.05 Å². The minimum Gasteiger partial charge on any atom is -0.461 e. The number of aromatic nitrogens is 2. The molecule has 1 aromatic rings. The second kappa shape index (κ2) is 7.21. The number of rotatable bonds is 3. The highest BCUT2D eigenvalue weighted by Gasteiger charge is 2.31. The average Bonchev–Trinajstić information content (AvgIpc) is 2.88. The zero-order chi connectivity index (χ0) is 17.9. The van der Waals surface area contributed by atoms with Gasteiger partial charge in [-0.3, -0.25) is 4.68 Å². The topological polar surface area (TPSA) is 85.7 Å². The summed E-state index contributed by atoms with van der Waals surface area (Å²) in [7, 11) is 1.75. The van der Waals surface area contributed by atoms with Gasteiger partial charge in [0.15, 0.2) is 5.69 Å². The summed E-state index contributed by atoms with van der Waals surface area (Å²) in [4.78, 5) is 26.0. The van der Waals surface area contributed by atoms with E-state index < -0.39 is 11.6 Å². The van der Waals surface area contributed by atoms with Crippen molar-refractivity contribution in [1.82, 2.24) is 20.0 Å². The lowest BCUT2D eigenvalue weighted by Gasteiger charge is -2.34. The van der Waals surface area contributed by atoms with Crippen molar-refractivity contribution in [3.63, 3.8) is 0 Å². The normalized spacial score (nSPS) is 18.4. The second-order valence-electron chi connectivity index (χ2n) is 6.76. The van der Waals surface area contributed by atoms with Crippen LogP contribution in [0.4, 0.5) is 4.79 Å². The Labute approximate surface area is 142 Å². The molecule has 134 valence electrons. The van der Waals surface area contributed by atoms with Gasteiger partial charge in [-0.15, -0.1) is 0 Å². The third-order valence-corrected chi connectivity index (χ3v) is 3.53. The predicted octanol–water partition coefficient (Wildman–Crippen LogP) is 1.48. The molecule has 1 fully saturated rings. The summed E-state index contributed by atoms with van der Waals surface area (Å²) in [6.07, 6.45) is 1.43. The molecule has 2 heterocycles. The van der Waals surface area contributed by atoms with Crippen molar-refractivity contribution in [2.75, 3.05) is 26.2 Å². The minimum atomic E-state index is -0.540. The molecule has 24 heavy (non-hydrogen) atoms. The van der Waals surface area contributed by atoms with Crippen LogP contribution in [0.5, 0.6) is 0 Å². The summed E-state index contributed by atoms with van der Waals surface area (Å²) in [5.74, 6) is -0.454. The molecule has 1 saturated heterocycles. The van der Waals surface area contributed by atoms with Gasteiger partial charge in [0, 0.05) is 38.4 Å². The van der Waals surface area contributed by atoms with Crippen LogP contribution in [-0.2, 0) is 16.5 Å². The van der Waals surface area contributed by atoms with Crippen LogP contribution in [0.15, 0.2) is 6.20 Å². The second-order valence-corrected chi connectivity index (χ2v) is 6.76. The Morgan fingerprint density at radius 2 is 2.12 bits per heavy atom. The molecule has 1 N–H and O–H groups in total. The molecule has 1 atom stereocenters. The highest BCUT2D eigenvalue weighted by atomic mass is 16.6. The summed E-state index contributed by atoms with van der Waals surface area (Å²) in [5, 5.41) is 7.52. The zero-order valence-electron chi connectivity index (χ0n) is 15.0. The first-order chi connectivity index (χ1) is 11.2. The molecular formula is C16H26N4O4. The van der Waals surface area contributed by atoms with E-state index in [2.05, 4.69) is 10.4 Å². The number of esters is 1. The van der Waals surface area contributed by atoms with Crippen LogP contribution in [0.1, 0.15) is 49.8 Å². The fourth-order valence-electron chi connectivity index (χ4n) is 2.57. The average molecular weight is 338 g/mol. The van der Waals surface area contributed by atoms with Crippen LogP contribution in [0.25, 0.3) is 0 Å². The fraction of sp³-hybridized carbons (Fsp3) is 0.688. The monoisotopic (exact) mass is 338 g/mol. The van der Waals surface area contributed by atoms with Gasteiger partial charge >= 0.3 is 12.1 Å². The molecule has 0 saturated carbocycles. The number of carbonyl (C=O) groups is 2. The summed E-state index contributed by atoms with van der Waals surface area (Å²) in [6.45, 7) is 9.13. The predicted molar refractivity (Wildman–Crippen MR) is 87.7 cm³/mol. The van der Waals surface area contributed by atoms with Crippen LogP contribution in [0.3, 0.4) is 0 Å². The number of hydrogen-bond acceptors (Lipinski definition) is 6. The Bertz CT molecular complexity index is 606.